The van der Waals surface area contributed by atoms with Crippen molar-refractivity contribution in [3.63, 3.8) is 0 Å². The molecular formula is C20H18N4O2S. The lowest BCUT2D eigenvalue weighted by Crippen LogP contribution is -2.19. The quantitative estimate of drug-likeness (QED) is 0.507. The number of hydrogen-bond acceptors (Lipinski definition) is 4. The summed E-state index contributed by atoms with van der Waals surface area (Å²) in [7, 11) is 0. The molecule has 0 unspecified atom stereocenters. The maximum absolute atomic E-state index is 12.3. The summed E-state index contributed by atoms with van der Waals surface area (Å²) in [5, 5.41) is 7.66. The highest BCUT2D eigenvalue weighted by atomic mass is 32.1. The van der Waals surface area contributed by atoms with Crippen LogP contribution in [0.3, 0.4) is 0 Å². The molecule has 0 aliphatic rings. The Labute approximate surface area is 160 Å². The SMILES string of the molecule is CCOc1ccc(NC(=O)Nc2cccc(-c3cn4ccsc4n3)c2)cc1. The maximum atomic E-state index is 12.3. The molecule has 4 rings (SSSR count). The van der Waals surface area contributed by atoms with Gasteiger partial charge in [-0.05, 0) is 43.3 Å². The van der Waals surface area contributed by atoms with E-state index in [1.165, 1.54) is 0 Å². The summed E-state index contributed by atoms with van der Waals surface area (Å²) < 4.78 is 7.38. The van der Waals surface area contributed by atoms with E-state index >= 15 is 0 Å². The average Bonchev–Trinajstić information content (AvgIpc) is 3.26. The van der Waals surface area contributed by atoms with Crippen molar-refractivity contribution in [2.24, 2.45) is 0 Å². The maximum Gasteiger partial charge on any atom is 0.323 e. The van der Waals surface area contributed by atoms with Crippen LogP contribution < -0.4 is 15.4 Å². The van der Waals surface area contributed by atoms with Crippen molar-refractivity contribution in [3.8, 4) is 17.0 Å². The molecule has 7 heteroatoms. The lowest BCUT2D eigenvalue weighted by molar-refractivity contribution is 0.262. The number of nitrogens with one attached hydrogen (secondary N) is 2. The Morgan fingerprint density at radius 2 is 1.96 bits per heavy atom. The molecular weight excluding hydrogens is 360 g/mol. The second kappa shape index (κ2) is 7.51. The second-order valence-corrected chi connectivity index (χ2v) is 6.71. The molecule has 136 valence electrons. The van der Waals surface area contributed by atoms with Crippen molar-refractivity contribution in [1.29, 1.82) is 0 Å². The Kier molecular flexibility index (Phi) is 4.76. The van der Waals surface area contributed by atoms with E-state index in [-0.39, 0.29) is 6.03 Å². The van der Waals surface area contributed by atoms with Gasteiger partial charge in [0.25, 0.3) is 0 Å². The number of amides is 2. The third kappa shape index (κ3) is 3.93. The van der Waals surface area contributed by atoms with Crippen molar-refractivity contribution in [1.82, 2.24) is 9.38 Å². The number of thiazole rings is 1. The molecule has 0 spiro atoms. The predicted molar refractivity (Wildman–Crippen MR) is 109 cm³/mol. The minimum Gasteiger partial charge on any atom is -0.494 e. The minimum absolute atomic E-state index is 0.304. The molecule has 2 aromatic carbocycles. The van der Waals surface area contributed by atoms with Gasteiger partial charge in [0.05, 0.1) is 12.3 Å². The van der Waals surface area contributed by atoms with Gasteiger partial charge in [-0.25, -0.2) is 9.78 Å². The van der Waals surface area contributed by atoms with Gasteiger partial charge in [-0.2, -0.15) is 0 Å². The largest absolute Gasteiger partial charge is 0.494 e. The summed E-state index contributed by atoms with van der Waals surface area (Å²) in [6.07, 6.45) is 3.95. The van der Waals surface area contributed by atoms with Crippen LogP contribution in [0.2, 0.25) is 0 Å². The topological polar surface area (TPSA) is 67.7 Å². The Balaban J connectivity index is 1.44. The zero-order valence-electron chi connectivity index (χ0n) is 14.7. The van der Waals surface area contributed by atoms with E-state index in [4.69, 9.17) is 4.74 Å². The van der Waals surface area contributed by atoms with Crippen LogP contribution in [0.1, 0.15) is 6.92 Å². The Bertz CT molecular complexity index is 1040. The van der Waals surface area contributed by atoms with Crippen LogP contribution in [-0.2, 0) is 0 Å². The first-order valence-corrected chi connectivity index (χ1v) is 9.43. The van der Waals surface area contributed by atoms with Gasteiger partial charge in [-0.3, -0.25) is 4.40 Å². The smallest absolute Gasteiger partial charge is 0.323 e. The first-order valence-electron chi connectivity index (χ1n) is 8.55. The standard InChI is InChI=1S/C20H18N4O2S/c1-2-26-17-8-6-15(7-9-17)21-19(25)22-16-5-3-4-14(12-16)18-13-24-10-11-27-20(24)23-18/h3-13H,2H2,1H3,(H2,21,22,25). The van der Waals surface area contributed by atoms with E-state index in [0.717, 1.165) is 22.0 Å². The van der Waals surface area contributed by atoms with E-state index in [1.54, 1.807) is 23.5 Å². The van der Waals surface area contributed by atoms with Crippen LogP contribution in [0.5, 0.6) is 5.75 Å². The normalized spacial score (nSPS) is 10.7. The molecule has 0 aliphatic carbocycles. The zero-order chi connectivity index (χ0) is 18.6. The third-order valence-corrected chi connectivity index (χ3v) is 4.70. The van der Waals surface area contributed by atoms with E-state index in [1.807, 2.05) is 65.5 Å². The molecule has 2 amide bonds. The van der Waals surface area contributed by atoms with Crippen molar-refractivity contribution < 1.29 is 9.53 Å². The molecule has 4 aromatic rings. The van der Waals surface area contributed by atoms with Crippen LogP contribution >= 0.6 is 11.3 Å². The van der Waals surface area contributed by atoms with Crippen molar-refractivity contribution >= 4 is 33.7 Å². The fourth-order valence-corrected chi connectivity index (χ4v) is 3.42. The van der Waals surface area contributed by atoms with Crippen LogP contribution in [-0.4, -0.2) is 22.0 Å². The summed E-state index contributed by atoms with van der Waals surface area (Å²) in [4.78, 5) is 17.8. The second-order valence-electron chi connectivity index (χ2n) is 5.84. The molecule has 0 saturated heterocycles. The number of imidazole rings is 1. The van der Waals surface area contributed by atoms with Gasteiger partial charge in [0.1, 0.15) is 5.75 Å². The van der Waals surface area contributed by atoms with Crippen LogP contribution in [0.4, 0.5) is 16.2 Å². The first kappa shape index (κ1) is 17.1. The van der Waals surface area contributed by atoms with E-state index in [2.05, 4.69) is 15.6 Å². The fraction of sp³-hybridized carbons (Fsp3) is 0.100. The molecule has 2 heterocycles. The molecule has 2 N–H and O–H groups in total. The predicted octanol–water partition coefficient (Wildman–Crippen LogP) is 5.11. The summed E-state index contributed by atoms with van der Waals surface area (Å²) in [5.74, 6) is 0.774. The number of rotatable bonds is 5. The molecule has 0 atom stereocenters. The first-order chi connectivity index (χ1) is 13.2. The molecule has 6 nitrogen and oxygen atoms in total. The fourth-order valence-electron chi connectivity index (χ4n) is 2.72. The molecule has 0 aliphatic heterocycles. The molecule has 0 fully saturated rings. The minimum atomic E-state index is -0.304. The van der Waals surface area contributed by atoms with Gasteiger partial charge in [-0.15, -0.1) is 11.3 Å². The molecule has 2 aromatic heterocycles. The molecule has 27 heavy (non-hydrogen) atoms. The molecule has 0 saturated carbocycles. The zero-order valence-corrected chi connectivity index (χ0v) is 15.5. The highest BCUT2D eigenvalue weighted by molar-refractivity contribution is 7.15. The number of carbonyl (C=O) groups is 1. The summed E-state index contributed by atoms with van der Waals surface area (Å²) in [6, 6.07) is 14.6. The van der Waals surface area contributed by atoms with Gasteiger partial charge in [0.15, 0.2) is 4.96 Å². The number of nitrogens with zero attached hydrogens (tertiary/aromatic N) is 2. The lowest BCUT2D eigenvalue weighted by Gasteiger charge is -2.09. The van der Waals surface area contributed by atoms with Crippen molar-refractivity contribution in [3.05, 3.63) is 66.3 Å². The molecule has 0 bridgehead atoms. The van der Waals surface area contributed by atoms with Crippen LogP contribution in [0.25, 0.3) is 16.2 Å². The Morgan fingerprint density at radius 3 is 2.74 bits per heavy atom. The van der Waals surface area contributed by atoms with E-state index < -0.39 is 0 Å². The van der Waals surface area contributed by atoms with Crippen molar-refractivity contribution in [2.45, 2.75) is 6.92 Å². The summed E-state index contributed by atoms with van der Waals surface area (Å²) >= 11 is 1.59. The van der Waals surface area contributed by atoms with E-state index in [9.17, 15) is 4.79 Å². The van der Waals surface area contributed by atoms with E-state index in [0.29, 0.717) is 18.0 Å². The van der Waals surface area contributed by atoms with Gasteiger partial charge >= 0.3 is 6.03 Å². The highest BCUT2D eigenvalue weighted by Crippen LogP contribution is 2.24. The number of anilines is 2. The number of ether oxygens (including phenoxy) is 1. The number of carbonyl (C=O) groups excluding carboxylic acids is 1. The average molecular weight is 378 g/mol. The summed E-state index contributed by atoms with van der Waals surface area (Å²) in [5.41, 5.74) is 3.22. The number of aromatic nitrogens is 2. The number of benzene rings is 2. The lowest BCUT2D eigenvalue weighted by atomic mass is 10.1. The Morgan fingerprint density at radius 1 is 1.15 bits per heavy atom. The van der Waals surface area contributed by atoms with Crippen LogP contribution in [0.15, 0.2) is 66.3 Å². The van der Waals surface area contributed by atoms with Crippen LogP contribution in [0, 0.1) is 0 Å². The van der Waals surface area contributed by atoms with Gasteiger partial charge in [-0.1, -0.05) is 12.1 Å². The monoisotopic (exact) mass is 378 g/mol. The Hall–Kier alpha value is -3.32. The van der Waals surface area contributed by atoms with Gasteiger partial charge in [0, 0.05) is 34.7 Å². The van der Waals surface area contributed by atoms with Crippen molar-refractivity contribution in [2.75, 3.05) is 17.2 Å². The van der Waals surface area contributed by atoms with Gasteiger partial charge in [0.2, 0.25) is 0 Å². The molecule has 0 radical (unpaired) electrons. The highest BCUT2D eigenvalue weighted by Gasteiger charge is 2.08. The summed E-state index contributed by atoms with van der Waals surface area (Å²) in [6.45, 7) is 2.54. The third-order valence-electron chi connectivity index (χ3n) is 3.93. The number of urea groups is 1. The number of fused-ring (bicyclic) bond motifs is 1. The van der Waals surface area contributed by atoms with Gasteiger partial charge < -0.3 is 15.4 Å². The number of hydrogen-bond donors (Lipinski definition) is 2.